The summed E-state index contributed by atoms with van der Waals surface area (Å²) in [5.74, 6) is -1.29. The van der Waals surface area contributed by atoms with Crippen LogP contribution in [-0.4, -0.2) is 46.4 Å². The van der Waals surface area contributed by atoms with Crippen LogP contribution in [0.15, 0.2) is 24.4 Å². The fraction of sp³-hybridized carbons (Fsp3) is 0.417. The second-order valence-corrected chi connectivity index (χ2v) is 3.90. The number of amides is 2. The second-order valence-electron chi connectivity index (χ2n) is 3.90. The highest BCUT2D eigenvalue weighted by atomic mass is 16.4. The number of carbonyl (C=O) groups is 2. The summed E-state index contributed by atoms with van der Waals surface area (Å²) >= 11 is 0. The first kappa shape index (κ1) is 14.9. The Morgan fingerprint density at radius 1 is 1.26 bits per heavy atom. The number of pyridine rings is 1. The van der Waals surface area contributed by atoms with Crippen LogP contribution in [0, 0.1) is 0 Å². The first-order valence-electron chi connectivity index (χ1n) is 5.92. The number of carboxylic acids is 1. The molecule has 0 aliphatic carbocycles. The standard InChI is InChI=1S/C12H17N3O4/c16-10(11(17)18)5-8-15-12(19)14-7-4-9-3-1-2-6-13-9/h1-3,6,10,16H,4-5,7-8H2,(H,17,18)(H2,14,15,19). The van der Waals surface area contributed by atoms with E-state index in [1.54, 1.807) is 6.20 Å². The van der Waals surface area contributed by atoms with Gasteiger partial charge in [-0.05, 0) is 12.1 Å². The van der Waals surface area contributed by atoms with Gasteiger partial charge in [-0.2, -0.15) is 0 Å². The van der Waals surface area contributed by atoms with Crippen molar-refractivity contribution in [3.63, 3.8) is 0 Å². The zero-order valence-electron chi connectivity index (χ0n) is 10.4. The monoisotopic (exact) mass is 267 g/mol. The van der Waals surface area contributed by atoms with E-state index in [0.29, 0.717) is 13.0 Å². The van der Waals surface area contributed by atoms with Crippen LogP contribution in [0.4, 0.5) is 4.79 Å². The molecule has 7 heteroatoms. The zero-order chi connectivity index (χ0) is 14.1. The van der Waals surface area contributed by atoms with Gasteiger partial charge in [-0.25, -0.2) is 9.59 Å². The molecule has 1 aromatic rings. The summed E-state index contributed by atoms with van der Waals surface area (Å²) in [6.07, 6.45) is 0.825. The SMILES string of the molecule is O=C(NCCc1ccccn1)NCCC(O)C(=O)O. The Balaban J connectivity index is 2.10. The van der Waals surface area contributed by atoms with Gasteiger partial charge in [0.2, 0.25) is 0 Å². The summed E-state index contributed by atoms with van der Waals surface area (Å²) in [6.45, 7) is 0.535. The number of carbonyl (C=O) groups excluding carboxylic acids is 1. The predicted octanol–water partition coefficient (Wildman–Crippen LogP) is -0.241. The topological polar surface area (TPSA) is 112 Å². The van der Waals surface area contributed by atoms with Crippen molar-refractivity contribution in [2.45, 2.75) is 18.9 Å². The van der Waals surface area contributed by atoms with E-state index in [-0.39, 0.29) is 13.0 Å². The van der Waals surface area contributed by atoms with E-state index < -0.39 is 18.1 Å². The Kier molecular flexibility index (Phi) is 6.31. The lowest BCUT2D eigenvalue weighted by Crippen LogP contribution is -2.38. The van der Waals surface area contributed by atoms with Crippen LogP contribution in [0.1, 0.15) is 12.1 Å². The molecule has 0 aliphatic heterocycles. The second kappa shape index (κ2) is 8.04. The maximum Gasteiger partial charge on any atom is 0.332 e. The van der Waals surface area contributed by atoms with Gasteiger partial charge in [0.05, 0.1) is 0 Å². The molecule has 1 atom stereocenters. The number of aliphatic carboxylic acids is 1. The fourth-order valence-electron chi connectivity index (χ4n) is 1.36. The molecule has 19 heavy (non-hydrogen) atoms. The minimum absolute atomic E-state index is 0.0248. The van der Waals surface area contributed by atoms with Crippen molar-refractivity contribution >= 4 is 12.0 Å². The van der Waals surface area contributed by atoms with Crippen molar-refractivity contribution in [3.8, 4) is 0 Å². The summed E-state index contributed by atoms with van der Waals surface area (Å²) < 4.78 is 0. The molecule has 1 rings (SSSR count). The third-order valence-electron chi connectivity index (χ3n) is 2.38. The van der Waals surface area contributed by atoms with Crippen LogP contribution < -0.4 is 10.6 Å². The number of urea groups is 1. The molecule has 104 valence electrons. The van der Waals surface area contributed by atoms with Gasteiger partial charge in [-0.15, -0.1) is 0 Å². The quantitative estimate of drug-likeness (QED) is 0.544. The summed E-state index contributed by atoms with van der Waals surface area (Å²) in [5, 5.41) is 22.5. The highest BCUT2D eigenvalue weighted by molar-refractivity contribution is 5.74. The van der Waals surface area contributed by atoms with Crippen LogP contribution in [0.5, 0.6) is 0 Å². The molecule has 1 heterocycles. The summed E-state index contributed by atoms with van der Waals surface area (Å²) in [5.41, 5.74) is 0.879. The van der Waals surface area contributed by atoms with Gasteiger partial charge in [0.1, 0.15) is 0 Å². The average molecular weight is 267 g/mol. The van der Waals surface area contributed by atoms with E-state index in [4.69, 9.17) is 10.2 Å². The van der Waals surface area contributed by atoms with Crippen LogP contribution in [0.25, 0.3) is 0 Å². The molecule has 0 bridgehead atoms. The molecule has 0 spiro atoms. The van der Waals surface area contributed by atoms with E-state index in [2.05, 4.69) is 15.6 Å². The van der Waals surface area contributed by atoms with Gasteiger partial charge in [0, 0.05) is 37.8 Å². The number of hydrogen-bond acceptors (Lipinski definition) is 4. The third-order valence-corrected chi connectivity index (χ3v) is 2.38. The minimum atomic E-state index is -1.45. The Labute approximate surface area is 110 Å². The van der Waals surface area contributed by atoms with E-state index in [0.717, 1.165) is 5.69 Å². The Morgan fingerprint density at radius 2 is 2.00 bits per heavy atom. The lowest BCUT2D eigenvalue weighted by molar-refractivity contribution is -0.146. The Hall–Kier alpha value is -2.15. The van der Waals surface area contributed by atoms with E-state index in [1.165, 1.54) is 0 Å². The first-order valence-corrected chi connectivity index (χ1v) is 5.92. The molecule has 7 nitrogen and oxygen atoms in total. The van der Waals surface area contributed by atoms with Crippen LogP contribution >= 0.6 is 0 Å². The number of aliphatic hydroxyl groups is 1. The highest BCUT2D eigenvalue weighted by Gasteiger charge is 2.12. The van der Waals surface area contributed by atoms with Gasteiger partial charge in [-0.3, -0.25) is 4.98 Å². The number of hydrogen-bond donors (Lipinski definition) is 4. The molecule has 0 aliphatic rings. The Bertz CT molecular complexity index is 411. The van der Waals surface area contributed by atoms with Gasteiger partial charge in [-0.1, -0.05) is 6.07 Å². The summed E-state index contributed by atoms with van der Waals surface area (Å²) in [7, 11) is 0. The number of aromatic nitrogens is 1. The van der Waals surface area contributed by atoms with Crippen molar-refractivity contribution in [2.75, 3.05) is 13.1 Å². The molecular formula is C12H17N3O4. The van der Waals surface area contributed by atoms with Crippen LogP contribution in [0.2, 0.25) is 0 Å². The molecule has 0 saturated carbocycles. The normalized spacial score (nSPS) is 11.6. The minimum Gasteiger partial charge on any atom is -0.479 e. The number of aliphatic hydroxyl groups excluding tert-OH is 1. The first-order chi connectivity index (χ1) is 9.09. The number of rotatable bonds is 7. The molecule has 0 aromatic carbocycles. The summed E-state index contributed by atoms with van der Waals surface area (Å²) in [6, 6.07) is 5.16. The fourth-order valence-corrected chi connectivity index (χ4v) is 1.36. The molecular weight excluding hydrogens is 250 g/mol. The van der Waals surface area contributed by atoms with Crippen molar-refractivity contribution < 1.29 is 19.8 Å². The lowest BCUT2D eigenvalue weighted by Gasteiger charge is -2.08. The molecule has 1 unspecified atom stereocenters. The van der Waals surface area contributed by atoms with Crippen LogP contribution in [0.3, 0.4) is 0 Å². The van der Waals surface area contributed by atoms with Crippen molar-refractivity contribution in [1.82, 2.24) is 15.6 Å². The smallest absolute Gasteiger partial charge is 0.332 e. The Morgan fingerprint density at radius 3 is 2.63 bits per heavy atom. The average Bonchev–Trinajstić information content (AvgIpc) is 2.39. The third kappa shape index (κ3) is 6.37. The molecule has 4 N–H and O–H groups in total. The van der Waals surface area contributed by atoms with Crippen molar-refractivity contribution in [3.05, 3.63) is 30.1 Å². The number of carboxylic acid groups (broad SMARTS) is 1. The summed E-state index contributed by atoms with van der Waals surface area (Å²) in [4.78, 5) is 25.7. The highest BCUT2D eigenvalue weighted by Crippen LogP contribution is 1.93. The number of nitrogens with one attached hydrogen (secondary N) is 2. The van der Waals surface area contributed by atoms with E-state index in [9.17, 15) is 9.59 Å². The van der Waals surface area contributed by atoms with Crippen molar-refractivity contribution in [1.29, 1.82) is 0 Å². The maximum absolute atomic E-state index is 11.3. The number of nitrogens with zero attached hydrogens (tertiary/aromatic N) is 1. The molecule has 0 saturated heterocycles. The van der Waals surface area contributed by atoms with Crippen LogP contribution in [-0.2, 0) is 11.2 Å². The maximum atomic E-state index is 11.3. The zero-order valence-corrected chi connectivity index (χ0v) is 10.4. The van der Waals surface area contributed by atoms with E-state index in [1.807, 2.05) is 18.2 Å². The molecule has 0 fully saturated rings. The predicted molar refractivity (Wildman–Crippen MR) is 67.6 cm³/mol. The molecule has 0 radical (unpaired) electrons. The molecule has 2 amide bonds. The van der Waals surface area contributed by atoms with Crippen molar-refractivity contribution in [2.24, 2.45) is 0 Å². The van der Waals surface area contributed by atoms with Gasteiger partial charge in [0.25, 0.3) is 0 Å². The van der Waals surface area contributed by atoms with Gasteiger partial charge in [0.15, 0.2) is 6.10 Å². The van der Waals surface area contributed by atoms with E-state index >= 15 is 0 Å². The molecule has 1 aromatic heterocycles. The van der Waals surface area contributed by atoms with Gasteiger partial charge >= 0.3 is 12.0 Å². The lowest BCUT2D eigenvalue weighted by atomic mass is 10.2. The largest absolute Gasteiger partial charge is 0.479 e. The van der Waals surface area contributed by atoms with Gasteiger partial charge < -0.3 is 20.8 Å².